The maximum absolute atomic E-state index is 5.90. The summed E-state index contributed by atoms with van der Waals surface area (Å²) in [6.07, 6.45) is 4.65. The first-order chi connectivity index (χ1) is 11.8. The zero-order chi connectivity index (χ0) is 16.4. The van der Waals surface area contributed by atoms with Gasteiger partial charge in [-0.2, -0.15) is 0 Å². The number of hydrogen-bond acceptors (Lipinski definition) is 6. The molecule has 7 heteroatoms. The molecule has 3 aromatic rings. The van der Waals surface area contributed by atoms with Crippen LogP contribution in [0.2, 0.25) is 0 Å². The largest absolute Gasteiger partial charge is 0.497 e. The molecule has 7 nitrogen and oxygen atoms in total. The summed E-state index contributed by atoms with van der Waals surface area (Å²) in [5, 5.41) is 8.44. The highest BCUT2D eigenvalue weighted by Crippen LogP contribution is 2.29. The van der Waals surface area contributed by atoms with Gasteiger partial charge in [0.1, 0.15) is 11.6 Å². The van der Waals surface area contributed by atoms with E-state index < -0.39 is 0 Å². The lowest BCUT2D eigenvalue weighted by Gasteiger charge is -2.12. The molecule has 0 bridgehead atoms. The Labute approximate surface area is 139 Å². The third-order valence-electron chi connectivity index (χ3n) is 4.33. The Morgan fingerprint density at radius 1 is 1.29 bits per heavy atom. The Morgan fingerprint density at radius 2 is 2.17 bits per heavy atom. The number of H-pyrrole nitrogens is 1. The maximum atomic E-state index is 5.90. The van der Waals surface area contributed by atoms with E-state index in [0.717, 1.165) is 43.2 Å². The summed E-state index contributed by atoms with van der Waals surface area (Å²) < 4.78 is 11.1. The molecule has 1 saturated heterocycles. The summed E-state index contributed by atoms with van der Waals surface area (Å²) in [6.45, 7) is 2.74. The number of methoxy groups -OCH3 is 1. The van der Waals surface area contributed by atoms with Crippen molar-refractivity contribution in [3.63, 3.8) is 0 Å². The van der Waals surface area contributed by atoms with Crippen LogP contribution in [0, 0.1) is 0 Å². The summed E-state index contributed by atoms with van der Waals surface area (Å²) in [5.74, 6) is 3.34. The van der Waals surface area contributed by atoms with Crippen molar-refractivity contribution in [3.05, 3.63) is 48.4 Å². The fourth-order valence-electron chi connectivity index (χ4n) is 3.02. The van der Waals surface area contributed by atoms with E-state index in [1.54, 1.807) is 13.3 Å². The fourth-order valence-corrected chi connectivity index (χ4v) is 3.02. The van der Waals surface area contributed by atoms with Gasteiger partial charge in [-0.05, 0) is 37.2 Å². The minimum Gasteiger partial charge on any atom is -0.497 e. The van der Waals surface area contributed by atoms with Crippen LogP contribution in [0.5, 0.6) is 5.75 Å². The smallest absolute Gasteiger partial charge is 0.247 e. The molecule has 0 radical (unpaired) electrons. The number of ether oxygens (including phenoxy) is 1. The number of rotatable bonds is 5. The van der Waals surface area contributed by atoms with Crippen molar-refractivity contribution in [2.75, 3.05) is 20.2 Å². The lowest BCUT2D eigenvalue weighted by atomic mass is 10.1. The van der Waals surface area contributed by atoms with E-state index in [0.29, 0.717) is 11.8 Å². The maximum Gasteiger partial charge on any atom is 0.247 e. The first-order valence-corrected chi connectivity index (χ1v) is 8.00. The lowest BCUT2D eigenvalue weighted by Crippen LogP contribution is -2.20. The number of nitrogens with zero attached hydrogens (tertiary/aromatic N) is 4. The zero-order valence-electron chi connectivity index (χ0n) is 13.5. The number of aromatic nitrogens is 4. The number of hydrogen-bond donors (Lipinski definition) is 1. The summed E-state index contributed by atoms with van der Waals surface area (Å²) in [4.78, 5) is 9.76. The average molecular weight is 325 g/mol. The monoisotopic (exact) mass is 325 g/mol. The van der Waals surface area contributed by atoms with Crippen molar-refractivity contribution in [1.29, 1.82) is 0 Å². The number of benzene rings is 1. The Hall–Kier alpha value is -2.67. The molecule has 0 amide bonds. The summed E-state index contributed by atoms with van der Waals surface area (Å²) in [7, 11) is 1.65. The Morgan fingerprint density at radius 3 is 2.92 bits per heavy atom. The Bertz CT molecular complexity index is 782. The van der Waals surface area contributed by atoms with Crippen LogP contribution in [0.4, 0.5) is 0 Å². The molecule has 1 aliphatic heterocycles. The molecule has 1 aromatic carbocycles. The van der Waals surface area contributed by atoms with E-state index in [2.05, 4.69) is 25.1 Å². The molecule has 0 aliphatic carbocycles. The van der Waals surface area contributed by atoms with Gasteiger partial charge in [-0.3, -0.25) is 4.90 Å². The summed E-state index contributed by atoms with van der Waals surface area (Å²) in [5.41, 5.74) is 0.903. The average Bonchev–Trinajstić information content (AvgIpc) is 3.37. The molecule has 1 atom stereocenters. The van der Waals surface area contributed by atoms with Crippen LogP contribution in [0.25, 0.3) is 11.5 Å². The van der Waals surface area contributed by atoms with Crippen molar-refractivity contribution in [3.8, 4) is 17.2 Å². The van der Waals surface area contributed by atoms with Gasteiger partial charge in [0.05, 0.1) is 19.6 Å². The molecule has 3 heterocycles. The van der Waals surface area contributed by atoms with E-state index in [-0.39, 0.29) is 5.92 Å². The number of likely N-dealkylation sites (tertiary alicyclic amines) is 1. The third-order valence-corrected chi connectivity index (χ3v) is 4.33. The minimum absolute atomic E-state index is 0.277. The molecule has 24 heavy (non-hydrogen) atoms. The predicted molar refractivity (Wildman–Crippen MR) is 87.5 cm³/mol. The van der Waals surface area contributed by atoms with Gasteiger partial charge in [-0.25, -0.2) is 4.98 Å². The SMILES string of the molecule is COc1ccc(-c2nnc([C@H]3CCN(Cc4ncc[nH]4)C3)o2)cc1. The van der Waals surface area contributed by atoms with Crippen molar-refractivity contribution in [1.82, 2.24) is 25.1 Å². The van der Waals surface area contributed by atoms with Gasteiger partial charge in [0.15, 0.2) is 0 Å². The lowest BCUT2D eigenvalue weighted by molar-refractivity contribution is 0.313. The number of aromatic amines is 1. The number of imidazole rings is 1. The molecule has 1 fully saturated rings. The summed E-state index contributed by atoms with van der Waals surface area (Å²) >= 11 is 0. The van der Waals surface area contributed by atoms with Gasteiger partial charge in [0.2, 0.25) is 11.8 Å². The topological polar surface area (TPSA) is 80.1 Å². The summed E-state index contributed by atoms with van der Waals surface area (Å²) in [6, 6.07) is 7.63. The van der Waals surface area contributed by atoms with Gasteiger partial charge < -0.3 is 14.1 Å². The Balaban J connectivity index is 1.43. The molecular weight excluding hydrogens is 306 g/mol. The van der Waals surface area contributed by atoms with E-state index >= 15 is 0 Å². The van der Waals surface area contributed by atoms with Crippen molar-refractivity contribution in [2.24, 2.45) is 0 Å². The van der Waals surface area contributed by atoms with Crippen LogP contribution in [-0.2, 0) is 6.54 Å². The second kappa shape index (κ2) is 6.45. The normalized spacial score (nSPS) is 18.1. The van der Waals surface area contributed by atoms with E-state index in [1.165, 1.54) is 0 Å². The first-order valence-electron chi connectivity index (χ1n) is 8.00. The molecule has 0 unspecified atom stereocenters. The number of nitrogens with one attached hydrogen (secondary N) is 1. The highest BCUT2D eigenvalue weighted by atomic mass is 16.5. The van der Waals surface area contributed by atoms with Crippen LogP contribution < -0.4 is 4.74 Å². The third kappa shape index (κ3) is 3.03. The second-order valence-electron chi connectivity index (χ2n) is 5.93. The van der Waals surface area contributed by atoms with E-state index in [9.17, 15) is 0 Å². The molecule has 2 aromatic heterocycles. The highest BCUT2D eigenvalue weighted by molar-refractivity contribution is 5.54. The second-order valence-corrected chi connectivity index (χ2v) is 5.93. The first kappa shape index (κ1) is 14.9. The van der Waals surface area contributed by atoms with Crippen LogP contribution >= 0.6 is 0 Å². The van der Waals surface area contributed by atoms with Crippen molar-refractivity contribution in [2.45, 2.75) is 18.9 Å². The zero-order valence-corrected chi connectivity index (χ0v) is 13.5. The van der Waals surface area contributed by atoms with E-state index in [4.69, 9.17) is 9.15 Å². The molecule has 1 aliphatic rings. The van der Waals surface area contributed by atoms with Crippen LogP contribution in [-0.4, -0.2) is 45.3 Å². The van der Waals surface area contributed by atoms with Crippen LogP contribution in [0.1, 0.15) is 24.1 Å². The fraction of sp³-hybridized carbons (Fsp3) is 0.353. The molecule has 0 saturated carbocycles. The van der Waals surface area contributed by atoms with Gasteiger partial charge >= 0.3 is 0 Å². The van der Waals surface area contributed by atoms with Crippen molar-refractivity contribution < 1.29 is 9.15 Å². The predicted octanol–water partition coefficient (Wildman–Crippen LogP) is 2.46. The van der Waals surface area contributed by atoms with Crippen LogP contribution in [0.3, 0.4) is 0 Å². The van der Waals surface area contributed by atoms with Gasteiger partial charge in [-0.15, -0.1) is 10.2 Å². The van der Waals surface area contributed by atoms with E-state index in [1.807, 2.05) is 30.5 Å². The van der Waals surface area contributed by atoms with Gasteiger partial charge in [0, 0.05) is 24.5 Å². The molecule has 124 valence electrons. The Kier molecular flexibility index (Phi) is 4.00. The van der Waals surface area contributed by atoms with Gasteiger partial charge in [-0.1, -0.05) is 0 Å². The molecular formula is C17H19N5O2. The minimum atomic E-state index is 0.277. The highest BCUT2D eigenvalue weighted by Gasteiger charge is 2.28. The van der Waals surface area contributed by atoms with Crippen LogP contribution in [0.15, 0.2) is 41.1 Å². The van der Waals surface area contributed by atoms with Crippen molar-refractivity contribution >= 4 is 0 Å². The molecule has 1 N–H and O–H groups in total. The quantitative estimate of drug-likeness (QED) is 0.776. The standard InChI is InChI=1S/C17H19N5O2/c1-23-14-4-2-12(3-5-14)16-20-21-17(24-16)13-6-9-22(10-13)11-15-18-7-8-19-15/h2-5,7-8,13H,6,9-11H2,1H3,(H,18,19)/t13-/m0/s1. The molecule has 0 spiro atoms. The van der Waals surface area contributed by atoms with Gasteiger partial charge in [0.25, 0.3) is 0 Å². The molecule has 4 rings (SSSR count).